The molecule has 110 valence electrons. The normalized spacial score (nSPS) is 20.5. The van der Waals surface area contributed by atoms with E-state index in [1.54, 1.807) is 6.92 Å². The van der Waals surface area contributed by atoms with E-state index in [9.17, 15) is 9.59 Å². The van der Waals surface area contributed by atoms with Crippen molar-refractivity contribution < 1.29 is 18.7 Å². The number of nitrogens with one attached hydrogen (secondary N) is 1. The number of hydrogen-bond acceptors (Lipinski definition) is 4. The van der Waals surface area contributed by atoms with Crippen LogP contribution >= 0.6 is 0 Å². The van der Waals surface area contributed by atoms with Crippen LogP contribution < -0.4 is 5.32 Å². The topological polar surface area (TPSA) is 68.5 Å². The minimum Gasteiger partial charge on any atom is -0.466 e. The molecule has 2 atom stereocenters. The maximum atomic E-state index is 11.6. The predicted octanol–water partition coefficient (Wildman–Crippen LogP) is 2.01. The number of carbonyl (C=O) groups excluding carboxylic acids is 2. The molecule has 1 amide bonds. The molecule has 2 unspecified atom stereocenters. The van der Waals surface area contributed by atoms with Gasteiger partial charge < -0.3 is 14.5 Å². The number of furan rings is 1. The zero-order chi connectivity index (χ0) is 14.5. The van der Waals surface area contributed by atoms with Gasteiger partial charge in [-0.1, -0.05) is 6.92 Å². The first-order valence-corrected chi connectivity index (χ1v) is 7.11. The molecule has 1 N–H and O–H groups in total. The Hall–Kier alpha value is -1.78. The van der Waals surface area contributed by atoms with E-state index < -0.39 is 5.97 Å². The Kier molecular flexibility index (Phi) is 4.82. The van der Waals surface area contributed by atoms with Gasteiger partial charge in [-0.3, -0.25) is 9.59 Å². The number of rotatable bonds is 7. The Morgan fingerprint density at radius 1 is 1.45 bits per heavy atom. The van der Waals surface area contributed by atoms with Crippen LogP contribution in [0.3, 0.4) is 0 Å². The fourth-order valence-electron chi connectivity index (χ4n) is 2.15. The van der Waals surface area contributed by atoms with Crippen LogP contribution in [0.5, 0.6) is 0 Å². The van der Waals surface area contributed by atoms with Crippen LogP contribution in [0.15, 0.2) is 16.5 Å². The summed E-state index contributed by atoms with van der Waals surface area (Å²) >= 11 is 0. The standard InChI is InChI=1S/C15H21NO4/c1-3-19-15(18)9-16-14(17)7-5-11-4-6-13(20-11)12-8-10(12)2/h4,6,10,12H,3,5,7-9H2,1-2H3,(H,16,17). The van der Waals surface area contributed by atoms with E-state index in [4.69, 9.17) is 9.15 Å². The van der Waals surface area contributed by atoms with Gasteiger partial charge in [-0.25, -0.2) is 0 Å². The fraction of sp³-hybridized carbons (Fsp3) is 0.600. The van der Waals surface area contributed by atoms with Crippen molar-refractivity contribution in [2.75, 3.05) is 13.2 Å². The van der Waals surface area contributed by atoms with Gasteiger partial charge in [-0.15, -0.1) is 0 Å². The molecule has 0 aliphatic heterocycles. The van der Waals surface area contributed by atoms with Crippen molar-refractivity contribution in [1.82, 2.24) is 5.32 Å². The smallest absolute Gasteiger partial charge is 0.325 e. The lowest BCUT2D eigenvalue weighted by molar-refractivity contribution is -0.143. The second-order valence-electron chi connectivity index (χ2n) is 5.21. The van der Waals surface area contributed by atoms with Gasteiger partial charge >= 0.3 is 5.97 Å². The van der Waals surface area contributed by atoms with Crippen molar-refractivity contribution in [3.8, 4) is 0 Å². The van der Waals surface area contributed by atoms with Crippen LogP contribution in [0.4, 0.5) is 0 Å². The monoisotopic (exact) mass is 279 g/mol. The molecule has 0 radical (unpaired) electrons. The molecule has 1 aromatic rings. The summed E-state index contributed by atoms with van der Waals surface area (Å²) in [5.41, 5.74) is 0. The molecule has 0 aromatic carbocycles. The van der Waals surface area contributed by atoms with Crippen molar-refractivity contribution in [3.05, 3.63) is 23.7 Å². The van der Waals surface area contributed by atoms with E-state index >= 15 is 0 Å². The Morgan fingerprint density at radius 2 is 2.20 bits per heavy atom. The lowest BCUT2D eigenvalue weighted by Gasteiger charge is -2.04. The fourth-order valence-corrected chi connectivity index (χ4v) is 2.15. The van der Waals surface area contributed by atoms with Crippen molar-refractivity contribution in [2.45, 2.75) is 39.0 Å². The van der Waals surface area contributed by atoms with Crippen molar-refractivity contribution in [2.24, 2.45) is 5.92 Å². The number of aryl methyl sites for hydroxylation is 1. The molecule has 1 aliphatic rings. The third kappa shape index (κ3) is 4.11. The molecule has 2 rings (SSSR count). The van der Waals surface area contributed by atoms with E-state index in [1.807, 2.05) is 12.1 Å². The number of carbonyl (C=O) groups is 2. The predicted molar refractivity (Wildman–Crippen MR) is 73.2 cm³/mol. The van der Waals surface area contributed by atoms with Crippen LogP contribution in [0, 0.1) is 5.92 Å². The maximum Gasteiger partial charge on any atom is 0.325 e. The summed E-state index contributed by atoms with van der Waals surface area (Å²) in [6.07, 6.45) is 2.05. The molecule has 0 saturated heterocycles. The molecule has 1 aromatic heterocycles. The minimum absolute atomic E-state index is 0.0737. The van der Waals surface area contributed by atoms with E-state index in [0.29, 0.717) is 31.3 Å². The number of amides is 1. The van der Waals surface area contributed by atoms with Crippen LogP contribution in [-0.4, -0.2) is 25.0 Å². The van der Waals surface area contributed by atoms with Crippen LogP contribution in [0.2, 0.25) is 0 Å². The maximum absolute atomic E-state index is 11.6. The van der Waals surface area contributed by atoms with Crippen LogP contribution in [0.25, 0.3) is 0 Å². The van der Waals surface area contributed by atoms with E-state index in [2.05, 4.69) is 12.2 Å². The quantitative estimate of drug-likeness (QED) is 0.775. The number of ether oxygens (including phenoxy) is 1. The first kappa shape index (κ1) is 14.6. The molecule has 5 heteroatoms. The SMILES string of the molecule is CCOC(=O)CNC(=O)CCc1ccc(C2CC2C)o1. The molecule has 0 spiro atoms. The summed E-state index contributed by atoms with van der Waals surface area (Å²) in [7, 11) is 0. The van der Waals surface area contributed by atoms with E-state index in [1.165, 1.54) is 6.42 Å². The number of hydrogen-bond donors (Lipinski definition) is 1. The number of esters is 1. The second kappa shape index (κ2) is 6.59. The largest absolute Gasteiger partial charge is 0.466 e. The molecular weight excluding hydrogens is 258 g/mol. The Labute approximate surface area is 118 Å². The van der Waals surface area contributed by atoms with Gasteiger partial charge in [0.05, 0.1) is 6.61 Å². The summed E-state index contributed by atoms with van der Waals surface area (Å²) in [5, 5.41) is 2.53. The summed E-state index contributed by atoms with van der Waals surface area (Å²) in [6.45, 7) is 4.18. The molecule has 1 saturated carbocycles. The van der Waals surface area contributed by atoms with Gasteiger partial charge in [-0.05, 0) is 31.4 Å². The van der Waals surface area contributed by atoms with Crippen molar-refractivity contribution >= 4 is 11.9 Å². The molecule has 1 fully saturated rings. The molecule has 20 heavy (non-hydrogen) atoms. The third-order valence-electron chi connectivity index (χ3n) is 3.49. The Morgan fingerprint density at radius 3 is 2.85 bits per heavy atom. The second-order valence-corrected chi connectivity index (χ2v) is 5.21. The molecule has 5 nitrogen and oxygen atoms in total. The van der Waals surface area contributed by atoms with Crippen molar-refractivity contribution in [3.63, 3.8) is 0 Å². The zero-order valence-electron chi connectivity index (χ0n) is 12.0. The van der Waals surface area contributed by atoms with Gasteiger partial charge in [0.15, 0.2) is 0 Å². The Bertz CT molecular complexity index is 480. The molecule has 1 heterocycles. The van der Waals surface area contributed by atoms with Gasteiger partial charge in [0.2, 0.25) is 5.91 Å². The van der Waals surface area contributed by atoms with Gasteiger partial charge in [0.1, 0.15) is 18.1 Å². The van der Waals surface area contributed by atoms with E-state index in [0.717, 1.165) is 11.5 Å². The Balaban J connectivity index is 1.68. The summed E-state index contributed by atoms with van der Waals surface area (Å²) in [5.74, 6) is 2.53. The average Bonchev–Trinajstić information content (AvgIpc) is 2.97. The zero-order valence-corrected chi connectivity index (χ0v) is 12.0. The van der Waals surface area contributed by atoms with Crippen LogP contribution in [0.1, 0.15) is 44.1 Å². The van der Waals surface area contributed by atoms with Crippen molar-refractivity contribution in [1.29, 1.82) is 0 Å². The highest BCUT2D eigenvalue weighted by molar-refractivity contribution is 5.81. The summed E-state index contributed by atoms with van der Waals surface area (Å²) in [6, 6.07) is 3.93. The highest BCUT2D eigenvalue weighted by atomic mass is 16.5. The third-order valence-corrected chi connectivity index (χ3v) is 3.49. The average molecular weight is 279 g/mol. The highest BCUT2D eigenvalue weighted by Crippen LogP contribution is 2.47. The first-order chi connectivity index (χ1) is 9.60. The van der Waals surface area contributed by atoms with Gasteiger partial charge in [0, 0.05) is 18.8 Å². The van der Waals surface area contributed by atoms with Gasteiger partial charge in [-0.2, -0.15) is 0 Å². The summed E-state index contributed by atoms with van der Waals surface area (Å²) < 4.78 is 10.5. The molecule has 1 aliphatic carbocycles. The van der Waals surface area contributed by atoms with E-state index in [-0.39, 0.29) is 12.5 Å². The lowest BCUT2D eigenvalue weighted by atomic mass is 10.2. The van der Waals surface area contributed by atoms with Crippen LogP contribution in [-0.2, 0) is 20.7 Å². The summed E-state index contributed by atoms with van der Waals surface area (Å²) in [4.78, 5) is 22.7. The molecule has 0 bridgehead atoms. The lowest BCUT2D eigenvalue weighted by Crippen LogP contribution is -2.30. The molecular formula is C15H21NO4. The van der Waals surface area contributed by atoms with Gasteiger partial charge in [0.25, 0.3) is 0 Å². The first-order valence-electron chi connectivity index (χ1n) is 7.11. The highest BCUT2D eigenvalue weighted by Gasteiger charge is 2.36. The minimum atomic E-state index is -0.413.